The number of rotatable bonds is 8. The number of anilines is 1. The number of hydrogen-bond donors (Lipinski definition) is 1. The van der Waals surface area contributed by atoms with Gasteiger partial charge in [0.2, 0.25) is 0 Å². The number of aliphatic hydroxyl groups excluding tert-OH is 1. The number of aliphatic hydroxyl groups is 1. The fourth-order valence-electron chi connectivity index (χ4n) is 3.98. The lowest BCUT2D eigenvalue weighted by atomic mass is 10.1. The van der Waals surface area contributed by atoms with Crippen LogP contribution in [0.15, 0.2) is 49.1 Å². The highest BCUT2D eigenvalue weighted by atomic mass is 35.5. The van der Waals surface area contributed by atoms with E-state index < -0.39 is 0 Å². The van der Waals surface area contributed by atoms with Gasteiger partial charge in [-0.2, -0.15) is 5.10 Å². The number of benzene rings is 1. The molecule has 0 spiro atoms. The van der Waals surface area contributed by atoms with E-state index in [-0.39, 0.29) is 24.3 Å². The molecule has 0 unspecified atom stereocenters. The number of piperazine rings is 1. The van der Waals surface area contributed by atoms with Crippen molar-refractivity contribution in [2.45, 2.75) is 39.0 Å². The number of nitrogens with zero attached hydrogens (tertiary/aromatic N) is 6. The standard InChI is InChI=1S/C23H29FN6O.ClH/c1-2-3-21(31)17-30-16-18(14-27-30)15-28-10-12-29(13-11-28)23-22(25-8-9-26-23)19-4-6-20(24)7-5-19;/h4-9,14,16,21,31H,2-3,10-13,15,17H2,1H3;1H/t21-;/m0./s1. The molecule has 1 aliphatic heterocycles. The first-order valence-corrected chi connectivity index (χ1v) is 10.9. The van der Waals surface area contributed by atoms with E-state index in [1.165, 1.54) is 12.1 Å². The van der Waals surface area contributed by atoms with Crippen LogP contribution in [-0.4, -0.2) is 62.0 Å². The molecule has 1 saturated heterocycles. The van der Waals surface area contributed by atoms with Crippen LogP contribution < -0.4 is 4.90 Å². The van der Waals surface area contributed by atoms with Gasteiger partial charge in [-0.05, 0) is 30.7 Å². The van der Waals surface area contributed by atoms with Crippen LogP contribution in [0.4, 0.5) is 10.2 Å². The fraction of sp³-hybridized carbons (Fsp3) is 0.435. The Hall–Kier alpha value is -2.55. The Morgan fingerprint density at radius 3 is 2.50 bits per heavy atom. The van der Waals surface area contributed by atoms with Crippen LogP contribution in [-0.2, 0) is 13.1 Å². The first-order chi connectivity index (χ1) is 15.1. The van der Waals surface area contributed by atoms with Crippen molar-refractivity contribution in [1.82, 2.24) is 24.6 Å². The summed E-state index contributed by atoms with van der Waals surface area (Å²) in [6, 6.07) is 6.39. The van der Waals surface area contributed by atoms with Gasteiger partial charge in [0.15, 0.2) is 5.82 Å². The third kappa shape index (κ3) is 6.03. The fourth-order valence-corrected chi connectivity index (χ4v) is 3.98. The first kappa shape index (κ1) is 24.1. The molecule has 0 bridgehead atoms. The van der Waals surface area contributed by atoms with Crippen LogP contribution in [0.2, 0.25) is 0 Å². The van der Waals surface area contributed by atoms with Crippen LogP contribution in [0, 0.1) is 5.82 Å². The molecule has 3 heterocycles. The number of halogens is 2. The molecule has 1 fully saturated rings. The second-order valence-corrected chi connectivity index (χ2v) is 8.01. The summed E-state index contributed by atoms with van der Waals surface area (Å²) in [6.07, 6.45) is 8.71. The lowest BCUT2D eigenvalue weighted by Gasteiger charge is -2.35. The van der Waals surface area contributed by atoms with E-state index in [0.29, 0.717) is 6.54 Å². The quantitative estimate of drug-likeness (QED) is 0.555. The maximum absolute atomic E-state index is 13.3. The van der Waals surface area contributed by atoms with Gasteiger partial charge in [-0.25, -0.2) is 9.37 Å². The third-order valence-corrected chi connectivity index (χ3v) is 5.58. The van der Waals surface area contributed by atoms with Crippen molar-refractivity contribution in [1.29, 1.82) is 0 Å². The topological polar surface area (TPSA) is 70.3 Å². The number of hydrogen-bond acceptors (Lipinski definition) is 6. The Morgan fingerprint density at radius 1 is 1.06 bits per heavy atom. The summed E-state index contributed by atoms with van der Waals surface area (Å²) < 4.78 is 15.1. The largest absolute Gasteiger partial charge is 0.391 e. The van der Waals surface area contributed by atoms with Gasteiger partial charge in [0.1, 0.15) is 11.5 Å². The molecule has 1 N–H and O–H groups in total. The second kappa shape index (κ2) is 11.4. The Kier molecular flexibility index (Phi) is 8.55. The predicted octanol–water partition coefficient (Wildman–Crippen LogP) is 3.38. The van der Waals surface area contributed by atoms with Crippen molar-refractivity contribution >= 4 is 18.2 Å². The zero-order chi connectivity index (χ0) is 21.6. The van der Waals surface area contributed by atoms with Gasteiger partial charge in [-0.3, -0.25) is 14.6 Å². The zero-order valence-electron chi connectivity index (χ0n) is 18.3. The first-order valence-electron chi connectivity index (χ1n) is 10.9. The molecular weight excluding hydrogens is 431 g/mol. The molecule has 1 aromatic carbocycles. The molecule has 2 aromatic heterocycles. The van der Waals surface area contributed by atoms with Gasteiger partial charge in [-0.15, -0.1) is 12.4 Å². The lowest BCUT2D eigenvalue weighted by Crippen LogP contribution is -2.46. The highest BCUT2D eigenvalue weighted by Gasteiger charge is 2.22. The Morgan fingerprint density at radius 2 is 1.78 bits per heavy atom. The van der Waals surface area contributed by atoms with E-state index in [2.05, 4.69) is 31.8 Å². The van der Waals surface area contributed by atoms with Crippen molar-refractivity contribution in [3.05, 3.63) is 60.4 Å². The van der Waals surface area contributed by atoms with Gasteiger partial charge >= 0.3 is 0 Å². The van der Waals surface area contributed by atoms with E-state index in [9.17, 15) is 9.50 Å². The highest BCUT2D eigenvalue weighted by molar-refractivity contribution is 5.85. The summed E-state index contributed by atoms with van der Waals surface area (Å²) >= 11 is 0. The van der Waals surface area contributed by atoms with Crippen LogP contribution in [0.1, 0.15) is 25.3 Å². The summed E-state index contributed by atoms with van der Waals surface area (Å²) in [5.41, 5.74) is 2.80. The maximum Gasteiger partial charge on any atom is 0.155 e. The minimum Gasteiger partial charge on any atom is -0.391 e. The molecule has 0 saturated carbocycles. The van der Waals surface area contributed by atoms with E-state index in [1.54, 1.807) is 24.5 Å². The zero-order valence-corrected chi connectivity index (χ0v) is 19.1. The minimum absolute atomic E-state index is 0. The molecule has 4 rings (SSSR count). The maximum atomic E-state index is 13.3. The summed E-state index contributed by atoms with van der Waals surface area (Å²) in [5, 5.41) is 14.4. The number of aromatic nitrogens is 4. The second-order valence-electron chi connectivity index (χ2n) is 8.01. The van der Waals surface area contributed by atoms with Gasteiger partial charge < -0.3 is 10.0 Å². The van der Waals surface area contributed by atoms with Crippen molar-refractivity contribution in [2.75, 3.05) is 31.1 Å². The Labute approximate surface area is 194 Å². The lowest BCUT2D eigenvalue weighted by molar-refractivity contribution is 0.139. The van der Waals surface area contributed by atoms with E-state index in [4.69, 9.17) is 0 Å². The summed E-state index contributed by atoms with van der Waals surface area (Å²) in [5.74, 6) is 0.581. The molecule has 3 aromatic rings. The van der Waals surface area contributed by atoms with Crippen molar-refractivity contribution < 1.29 is 9.50 Å². The SMILES string of the molecule is CCC[C@H](O)Cn1cc(CN2CCN(c3nccnc3-c3ccc(F)cc3)CC2)cn1.Cl. The predicted molar refractivity (Wildman–Crippen MR) is 125 cm³/mol. The molecule has 1 atom stereocenters. The average molecular weight is 461 g/mol. The molecule has 32 heavy (non-hydrogen) atoms. The molecule has 0 radical (unpaired) electrons. The van der Waals surface area contributed by atoms with Crippen molar-refractivity contribution in [2.24, 2.45) is 0 Å². The third-order valence-electron chi connectivity index (χ3n) is 5.58. The molecule has 0 aliphatic carbocycles. The molecule has 1 aliphatic rings. The molecule has 7 nitrogen and oxygen atoms in total. The Bertz CT molecular complexity index is 975. The molecule has 9 heteroatoms. The van der Waals surface area contributed by atoms with E-state index >= 15 is 0 Å². The van der Waals surface area contributed by atoms with Gasteiger partial charge in [-0.1, -0.05) is 13.3 Å². The van der Waals surface area contributed by atoms with E-state index in [1.807, 2.05) is 17.1 Å². The summed E-state index contributed by atoms with van der Waals surface area (Å²) in [6.45, 7) is 6.95. The van der Waals surface area contributed by atoms with Crippen molar-refractivity contribution in [3.63, 3.8) is 0 Å². The monoisotopic (exact) mass is 460 g/mol. The van der Waals surface area contributed by atoms with Crippen LogP contribution in [0.3, 0.4) is 0 Å². The van der Waals surface area contributed by atoms with Crippen LogP contribution in [0.5, 0.6) is 0 Å². The van der Waals surface area contributed by atoms with Crippen molar-refractivity contribution in [3.8, 4) is 11.3 Å². The van der Waals surface area contributed by atoms with Crippen LogP contribution in [0.25, 0.3) is 11.3 Å². The van der Waals surface area contributed by atoms with E-state index in [0.717, 1.165) is 68.2 Å². The molecular formula is C23H30ClFN6O. The minimum atomic E-state index is -0.344. The van der Waals surface area contributed by atoms with Crippen LogP contribution >= 0.6 is 12.4 Å². The van der Waals surface area contributed by atoms with Gasteiger partial charge in [0.05, 0.1) is 18.8 Å². The Balaban J connectivity index is 0.00000289. The smallest absolute Gasteiger partial charge is 0.155 e. The average Bonchev–Trinajstić information content (AvgIpc) is 3.21. The molecule has 0 amide bonds. The normalized spacial score (nSPS) is 15.4. The van der Waals surface area contributed by atoms with Gasteiger partial charge in [0.25, 0.3) is 0 Å². The highest BCUT2D eigenvalue weighted by Crippen LogP contribution is 2.27. The van der Waals surface area contributed by atoms with Gasteiger partial charge in [0, 0.05) is 62.4 Å². The molecule has 172 valence electrons. The summed E-state index contributed by atoms with van der Waals surface area (Å²) in [4.78, 5) is 13.7. The summed E-state index contributed by atoms with van der Waals surface area (Å²) in [7, 11) is 0.